The van der Waals surface area contributed by atoms with Crippen LogP contribution in [-0.2, 0) is 0 Å². The second-order valence-electron chi connectivity index (χ2n) is 5.09. The summed E-state index contributed by atoms with van der Waals surface area (Å²) < 4.78 is 0. The number of fused-ring (bicyclic) bond motifs is 1. The molecule has 1 aliphatic heterocycles. The minimum atomic E-state index is -0.904. The van der Waals surface area contributed by atoms with Gasteiger partial charge in [-0.15, -0.1) is 0 Å². The quantitative estimate of drug-likeness (QED) is 0.847. The predicted molar refractivity (Wildman–Crippen MR) is 64.2 cm³/mol. The maximum absolute atomic E-state index is 10.9. The Bertz CT molecular complexity index is 435. The molecule has 2 unspecified atom stereocenters. The first kappa shape index (κ1) is 10.6. The third kappa shape index (κ3) is 1.88. The molecule has 1 aliphatic carbocycles. The summed E-state index contributed by atoms with van der Waals surface area (Å²) in [6.07, 6.45) is 7.19. The van der Waals surface area contributed by atoms with Gasteiger partial charge in [0, 0.05) is 19.3 Å². The van der Waals surface area contributed by atoms with E-state index in [9.17, 15) is 4.79 Å². The molecule has 2 heterocycles. The SMILES string of the molecule is O=C(O)c1cncc(N2CC3CCCC3C2)c1. The van der Waals surface area contributed by atoms with Crippen molar-refractivity contribution in [2.75, 3.05) is 18.0 Å². The van der Waals surface area contributed by atoms with Gasteiger partial charge in [0.15, 0.2) is 0 Å². The highest BCUT2D eigenvalue weighted by molar-refractivity contribution is 5.88. The summed E-state index contributed by atoms with van der Waals surface area (Å²) in [5, 5.41) is 8.95. The highest BCUT2D eigenvalue weighted by atomic mass is 16.4. The Morgan fingerprint density at radius 3 is 2.65 bits per heavy atom. The highest BCUT2D eigenvalue weighted by Crippen LogP contribution is 2.39. The van der Waals surface area contributed by atoms with Crippen molar-refractivity contribution in [1.29, 1.82) is 0 Å². The maximum atomic E-state index is 10.9. The summed E-state index contributed by atoms with van der Waals surface area (Å²) in [6, 6.07) is 1.73. The second kappa shape index (κ2) is 4.02. The van der Waals surface area contributed by atoms with Crippen LogP contribution >= 0.6 is 0 Å². The Labute approximate surface area is 100 Å². The van der Waals surface area contributed by atoms with E-state index in [0.29, 0.717) is 0 Å². The lowest BCUT2D eigenvalue weighted by atomic mass is 10.0. The largest absolute Gasteiger partial charge is 0.478 e. The van der Waals surface area contributed by atoms with Crippen molar-refractivity contribution in [1.82, 2.24) is 4.98 Å². The molecule has 1 saturated carbocycles. The van der Waals surface area contributed by atoms with Gasteiger partial charge in [-0.2, -0.15) is 0 Å². The zero-order chi connectivity index (χ0) is 11.8. The second-order valence-corrected chi connectivity index (χ2v) is 5.09. The fraction of sp³-hybridized carbons (Fsp3) is 0.538. The van der Waals surface area contributed by atoms with Gasteiger partial charge in [0.2, 0.25) is 0 Å². The number of carbonyl (C=O) groups is 1. The number of pyridine rings is 1. The van der Waals surface area contributed by atoms with Gasteiger partial charge in [-0.25, -0.2) is 4.79 Å². The van der Waals surface area contributed by atoms with Gasteiger partial charge >= 0.3 is 5.97 Å². The monoisotopic (exact) mass is 232 g/mol. The number of carboxylic acids is 1. The van der Waals surface area contributed by atoms with Gasteiger partial charge in [-0.1, -0.05) is 6.42 Å². The van der Waals surface area contributed by atoms with Crippen LogP contribution in [-0.4, -0.2) is 29.1 Å². The number of aromatic nitrogens is 1. The fourth-order valence-electron chi connectivity index (χ4n) is 3.16. The third-order valence-electron chi connectivity index (χ3n) is 4.06. The summed E-state index contributed by atoms with van der Waals surface area (Å²) in [6.45, 7) is 2.13. The molecule has 0 aromatic carbocycles. The first-order chi connectivity index (χ1) is 8.24. The smallest absolute Gasteiger partial charge is 0.337 e. The van der Waals surface area contributed by atoms with Crippen molar-refractivity contribution in [3.8, 4) is 0 Å². The first-order valence-electron chi connectivity index (χ1n) is 6.17. The summed E-state index contributed by atoms with van der Waals surface area (Å²) in [4.78, 5) is 17.2. The number of anilines is 1. The van der Waals surface area contributed by atoms with Crippen molar-refractivity contribution in [3.05, 3.63) is 24.0 Å². The number of aromatic carboxylic acids is 1. The minimum Gasteiger partial charge on any atom is -0.478 e. The van der Waals surface area contributed by atoms with E-state index < -0.39 is 5.97 Å². The molecule has 0 amide bonds. The van der Waals surface area contributed by atoms with Crippen LogP contribution in [0.3, 0.4) is 0 Å². The van der Waals surface area contributed by atoms with Gasteiger partial charge in [0.25, 0.3) is 0 Å². The fourth-order valence-corrected chi connectivity index (χ4v) is 3.16. The van der Waals surface area contributed by atoms with Crippen LogP contribution in [0.4, 0.5) is 5.69 Å². The van der Waals surface area contributed by atoms with Crippen molar-refractivity contribution >= 4 is 11.7 Å². The molecule has 4 nitrogen and oxygen atoms in total. The molecule has 1 aromatic rings. The maximum Gasteiger partial charge on any atom is 0.337 e. The lowest BCUT2D eigenvalue weighted by Crippen LogP contribution is -2.21. The van der Waals surface area contributed by atoms with E-state index in [1.807, 2.05) is 0 Å². The molecule has 4 heteroatoms. The van der Waals surface area contributed by atoms with Crippen LogP contribution < -0.4 is 4.90 Å². The molecule has 0 bridgehead atoms. The minimum absolute atomic E-state index is 0.277. The van der Waals surface area contributed by atoms with Crippen LogP contribution in [0.25, 0.3) is 0 Å². The average Bonchev–Trinajstić information content (AvgIpc) is 2.89. The summed E-state index contributed by atoms with van der Waals surface area (Å²) in [5.41, 5.74) is 1.24. The molecule has 90 valence electrons. The van der Waals surface area contributed by atoms with Crippen molar-refractivity contribution in [3.63, 3.8) is 0 Å². The van der Waals surface area contributed by atoms with Crippen LogP contribution in [0.1, 0.15) is 29.6 Å². The van der Waals surface area contributed by atoms with Gasteiger partial charge in [-0.3, -0.25) is 4.98 Å². The zero-order valence-corrected chi connectivity index (χ0v) is 9.67. The predicted octanol–water partition coefficient (Wildman–Crippen LogP) is 2.02. The Balaban J connectivity index is 1.81. The van der Waals surface area contributed by atoms with E-state index in [0.717, 1.165) is 30.6 Å². The van der Waals surface area contributed by atoms with E-state index >= 15 is 0 Å². The van der Waals surface area contributed by atoms with E-state index in [2.05, 4.69) is 9.88 Å². The molecule has 1 saturated heterocycles. The van der Waals surface area contributed by atoms with Crippen LogP contribution in [0.5, 0.6) is 0 Å². The third-order valence-corrected chi connectivity index (χ3v) is 4.06. The number of hydrogen-bond acceptors (Lipinski definition) is 3. The summed E-state index contributed by atoms with van der Waals surface area (Å²) >= 11 is 0. The number of nitrogens with zero attached hydrogens (tertiary/aromatic N) is 2. The molecule has 2 aliphatic rings. The molecule has 2 atom stereocenters. The van der Waals surface area contributed by atoms with Gasteiger partial charge < -0.3 is 10.0 Å². The zero-order valence-electron chi connectivity index (χ0n) is 9.67. The summed E-state index contributed by atoms with van der Waals surface area (Å²) in [7, 11) is 0. The molecule has 3 rings (SSSR count). The lowest BCUT2D eigenvalue weighted by molar-refractivity contribution is 0.0696. The van der Waals surface area contributed by atoms with E-state index in [4.69, 9.17) is 5.11 Å². The van der Waals surface area contributed by atoms with E-state index in [1.165, 1.54) is 25.5 Å². The van der Waals surface area contributed by atoms with Crippen LogP contribution in [0.15, 0.2) is 18.5 Å². The van der Waals surface area contributed by atoms with Crippen LogP contribution in [0, 0.1) is 11.8 Å². The standard InChI is InChI=1S/C13H16N2O2/c16-13(17)11-4-12(6-14-5-11)15-7-9-2-1-3-10(9)8-15/h4-6,9-10H,1-3,7-8H2,(H,16,17). The Hall–Kier alpha value is -1.58. The van der Waals surface area contributed by atoms with Crippen LogP contribution in [0.2, 0.25) is 0 Å². The number of rotatable bonds is 2. The molecule has 1 N–H and O–H groups in total. The van der Waals surface area contributed by atoms with Gasteiger partial charge in [0.1, 0.15) is 0 Å². The summed E-state index contributed by atoms with van der Waals surface area (Å²) in [5.74, 6) is 0.714. The molecule has 0 radical (unpaired) electrons. The van der Waals surface area contributed by atoms with E-state index in [-0.39, 0.29) is 5.56 Å². The molecule has 0 spiro atoms. The Morgan fingerprint density at radius 2 is 2.00 bits per heavy atom. The van der Waals surface area contributed by atoms with Gasteiger partial charge in [-0.05, 0) is 30.7 Å². The molecule has 17 heavy (non-hydrogen) atoms. The number of carboxylic acid groups (broad SMARTS) is 1. The van der Waals surface area contributed by atoms with E-state index in [1.54, 1.807) is 12.3 Å². The Morgan fingerprint density at radius 1 is 1.29 bits per heavy atom. The molecule has 2 fully saturated rings. The van der Waals surface area contributed by atoms with Crippen molar-refractivity contribution in [2.24, 2.45) is 11.8 Å². The lowest BCUT2D eigenvalue weighted by Gasteiger charge is -2.19. The molecular formula is C13H16N2O2. The number of hydrogen-bond donors (Lipinski definition) is 1. The molecular weight excluding hydrogens is 216 g/mol. The normalized spacial score (nSPS) is 27.2. The highest BCUT2D eigenvalue weighted by Gasteiger charge is 2.36. The van der Waals surface area contributed by atoms with Gasteiger partial charge in [0.05, 0.1) is 17.4 Å². The topological polar surface area (TPSA) is 53.4 Å². The molecule has 1 aromatic heterocycles. The first-order valence-corrected chi connectivity index (χ1v) is 6.17. The Kier molecular flexibility index (Phi) is 2.50. The van der Waals surface area contributed by atoms with Crippen molar-refractivity contribution in [2.45, 2.75) is 19.3 Å². The van der Waals surface area contributed by atoms with Crippen molar-refractivity contribution < 1.29 is 9.90 Å². The average molecular weight is 232 g/mol.